The van der Waals surface area contributed by atoms with Crippen LogP contribution in [0.25, 0.3) is 0 Å². The van der Waals surface area contributed by atoms with Crippen LogP contribution in [0.1, 0.15) is 25.7 Å². The highest BCUT2D eigenvalue weighted by atomic mass is 32.2. The molecule has 5 nitrogen and oxygen atoms in total. The highest BCUT2D eigenvalue weighted by molar-refractivity contribution is 8.00. The van der Waals surface area contributed by atoms with Crippen LogP contribution in [-0.4, -0.2) is 47.3 Å². The second-order valence-corrected chi connectivity index (χ2v) is 8.82. The minimum Gasteiger partial charge on any atom is -0.355 e. The third-order valence-electron chi connectivity index (χ3n) is 4.52. The normalized spacial score (nSPS) is 24.5. The molecule has 0 radical (unpaired) electrons. The SMILES string of the molecule is O=C(CCCC[C@H]1SC[C@@H]2NC(=O)N[C@H]21)NCCSc1ccccc1. The fraction of sp³-hybridized carbons (Fsp3) is 0.556. The number of carbonyl (C=O) groups excluding carboxylic acids is 2. The van der Waals surface area contributed by atoms with Gasteiger partial charge in [0.2, 0.25) is 5.91 Å². The zero-order valence-electron chi connectivity index (χ0n) is 14.2. The maximum absolute atomic E-state index is 11.9. The van der Waals surface area contributed by atoms with Crippen LogP contribution in [-0.2, 0) is 4.79 Å². The number of carbonyl (C=O) groups is 2. The average Bonchev–Trinajstić information content (AvgIpc) is 3.16. The van der Waals surface area contributed by atoms with Crippen molar-refractivity contribution in [2.45, 2.75) is 47.9 Å². The molecule has 25 heavy (non-hydrogen) atoms. The second kappa shape index (κ2) is 9.38. The van der Waals surface area contributed by atoms with Gasteiger partial charge in [-0.3, -0.25) is 4.79 Å². The molecule has 0 aromatic heterocycles. The summed E-state index contributed by atoms with van der Waals surface area (Å²) in [4.78, 5) is 24.5. The lowest BCUT2D eigenvalue weighted by Crippen LogP contribution is -2.36. The van der Waals surface area contributed by atoms with E-state index in [1.54, 1.807) is 11.8 Å². The van der Waals surface area contributed by atoms with Gasteiger partial charge < -0.3 is 16.0 Å². The molecule has 0 bridgehead atoms. The lowest BCUT2D eigenvalue weighted by atomic mass is 10.0. The first-order chi connectivity index (χ1) is 12.2. The second-order valence-electron chi connectivity index (χ2n) is 6.38. The first-order valence-corrected chi connectivity index (χ1v) is 10.9. The van der Waals surface area contributed by atoms with Crippen LogP contribution in [0.3, 0.4) is 0 Å². The molecule has 2 saturated heterocycles. The van der Waals surface area contributed by atoms with Crippen molar-refractivity contribution in [1.29, 1.82) is 0 Å². The highest BCUT2D eigenvalue weighted by Gasteiger charge is 2.42. The standard InChI is InChI=1S/C18H25N3O2S2/c22-16(19-10-11-24-13-6-2-1-3-7-13)9-5-4-8-15-17-14(12-25-15)20-18(23)21-17/h1-3,6-7,14-15,17H,4-5,8-12H2,(H,19,22)(H2,20,21,23)/t14-,15+,17+/m0/s1. The van der Waals surface area contributed by atoms with Crippen LogP contribution in [0.2, 0.25) is 0 Å². The van der Waals surface area contributed by atoms with Crippen molar-refractivity contribution in [2.24, 2.45) is 0 Å². The van der Waals surface area contributed by atoms with Gasteiger partial charge in [-0.15, -0.1) is 11.8 Å². The largest absolute Gasteiger partial charge is 0.355 e. The minimum atomic E-state index is -0.0342. The number of thioether (sulfide) groups is 2. The fourth-order valence-electron chi connectivity index (χ4n) is 3.24. The molecule has 3 amide bonds. The Balaban J connectivity index is 1.22. The monoisotopic (exact) mass is 379 g/mol. The van der Waals surface area contributed by atoms with Gasteiger partial charge in [0.05, 0.1) is 12.1 Å². The summed E-state index contributed by atoms with van der Waals surface area (Å²) < 4.78 is 0. The van der Waals surface area contributed by atoms with E-state index >= 15 is 0 Å². The number of unbranched alkanes of at least 4 members (excludes halogenated alkanes) is 1. The van der Waals surface area contributed by atoms with Crippen molar-refractivity contribution in [3.8, 4) is 0 Å². The number of rotatable bonds is 9. The summed E-state index contributed by atoms with van der Waals surface area (Å²) in [5, 5.41) is 9.44. The van der Waals surface area contributed by atoms with Gasteiger partial charge in [0, 0.05) is 34.6 Å². The summed E-state index contributed by atoms with van der Waals surface area (Å²) in [5.41, 5.74) is 0. The molecule has 2 aliphatic heterocycles. The number of amides is 3. The molecular formula is C18H25N3O2S2. The average molecular weight is 380 g/mol. The highest BCUT2D eigenvalue weighted by Crippen LogP contribution is 2.33. The minimum absolute atomic E-state index is 0.0342. The van der Waals surface area contributed by atoms with E-state index in [2.05, 4.69) is 28.1 Å². The molecule has 0 saturated carbocycles. The van der Waals surface area contributed by atoms with E-state index in [1.807, 2.05) is 30.0 Å². The smallest absolute Gasteiger partial charge is 0.315 e. The molecule has 3 rings (SSSR count). The molecule has 2 heterocycles. The first kappa shape index (κ1) is 18.5. The topological polar surface area (TPSA) is 70.2 Å². The maximum atomic E-state index is 11.9. The van der Waals surface area contributed by atoms with Crippen molar-refractivity contribution >= 4 is 35.5 Å². The third-order valence-corrected chi connectivity index (χ3v) is 7.04. The molecule has 0 unspecified atom stereocenters. The van der Waals surface area contributed by atoms with E-state index in [1.165, 1.54) is 4.90 Å². The van der Waals surface area contributed by atoms with E-state index < -0.39 is 0 Å². The lowest BCUT2D eigenvalue weighted by Gasteiger charge is -2.16. The molecular weight excluding hydrogens is 354 g/mol. The fourth-order valence-corrected chi connectivity index (χ4v) is 5.57. The molecule has 1 aromatic rings. The van der Waals surface area contributed by atoms with Gasteiger partial charge in [0.1, 0.15) is 0 Å². The number of urea groups is 1. The summed E-state index contributed by atoms with van der Waals surface area (Å²) in [6.07, 6.45) is 3.59. The van der Waals surface area contributed by atoms with Crippen LogP contribution < -0.4 is 16.0 Å². The van der Waals surface area contributed by atoms with E-state index in [0.717, 1.165) is 30.8 Å². The molecule has 3 atom stereocenters. The van der Waals surface area contributed by atoms with Crippen LogP contribution in [0, 0.1) is 0 Å². The third kappa shape index (κ3) is 5.57. The molecule has 2 fully saturated rings. The summed E-state index contributed by atoms with van der Waals surface area (Å²) in [6.45, 7) is 0.707. The van der Waals surface area contributed by atoms with E-state index in [4.69, 9.17) is 0 Å². The molecule has 0 aliphatic carbocycles. The summed E-state index contributed by atoms with van der Waals surface area (Å²) in [7, 11) is 0. The van der Waals surface area contributed by atoms with Gasteiger partial charge in [-0.1, -0.05) is 24.6 Å². The number of hydrogen-bond acceptors (Lipinski definition) is 4. The Kier molecular flexibility index (Phi) is 6.93. The van der Waals surface area contributed by atoms with Crippen molar-refractivity contribution in [3.05, 3.63) is 30.3 Å². The Morgan fingerprint density at radius 3 is 2.92 bits per heavy atom. The van der Waals surface area contributed by atoms with Crippen LogP contribution in [0.4, 0.5) is 4.79 Å². The Hall–Kier alpha value is -1.34. The Labute approximate surface area is 157 Å². The summed E-state index contributed by atoms with van der Waals surface area (Å²) >= 11 is 3.69. The zero-order chi connectivity index (χ0) is 17.5. The van der Waals surface area contributed by atoms with E-state index in [0.29, 0.717) is 18.2 Å². The predicted molar refractivity (Wildman–Crippen MR) is 104 cm³/mol. The van der Waals surface area contributed by atoms with Crippen molar-refractivity contribution in [1.82, 2.24) is 16.0 Å². The van der Waals surface area contributed by atoms with Crippen molar-refractivity contribution < 1.29 is 9.59 Å². The van der Waals surface area contributed by atoms with Crippen molar-refractivity contribution in [2.75, 3.05) is 18.1 Å². The molecule has 136 valence electrons. The molecule has 1 aromatic carbocycles. The van der Waals surface area contributed by atoms with Gasteiger partial charge in [0.15, 0.2) is 0 Å². The molecule has 7 heteroatoms. The Morgan fingerprint density at radius 2 is 2.08 bits per heavy atom. The van der Waals surface area contributed by atoms with Crippen LogP contribution in [0.15, 0.2) is 35.2 Å². The van der Waals surface area contributed by atoms with Gasteiger partial charge in [-0.2, -0.15) is 11.8 Å². The van der Waals surface area contributed by atoms with E-state index in [9.17, 15) is 9.59 Å². The van der Waals surface area contributed by atoms with Crippen LogP contribution in [0.5, 0.6) is 0 Å². The number of benzene rings is 1. The van der Waals surface area contributed by atoms with E-state index in [-0.39, 0.29) is 24.0 Å². The number of fused-ring (bicyclic) bond motifs is 1. The zero-order valence-corrected chi connectivity index (χ0v) is 15.8. The van der Waals surface area contributed by atoms with Gasteiger partial charge >= 0.3 is 6.03 Å². The molecule has 0 spiro atoms. The quantitative estimate of drug-likeness (QED) is 0.350. The van der Waals surface area contributed by atoms with Gasteiger partial charge in [-0.05, 0) is 25.0 Å². The summed E-state index contributed by atoms with van der Waals surface area (Å²) in [5.74, 6) is 2.03. The summed E-state index contributed by atoms with van der Waals surface area (Å²) in [6, 6.07) is 10.7. The van der Waals surface area contributed by atoms with Crippen LogP contribution >= 0.6 is 23.5 Å². The molecule has 3 N–H and O–H groups in total. The molecule has 2 aliphatic rings. The number of nitrogens with one attached hydrogen (secondary N) is 3. The first-order valence-electron chi connectivity index (χ1n) is 8.85. The Morgan fingerprint density at radius 1 is 1.24 bits per heavy atom. The van der Waals surface area contributed by atoms with Gasteiger partial charge in [0.25, 0.3) is 0 Å². The lowest BCUT2D eigenvalue weighted by molar-refractivity contribution is -0.121. The Bertz CT molecular complexity index is 585. The van der Waals surface area contributed by atoms with Gasteiger partial charge in [-0.25, -0.2) is 4.79 Å². The number of hydrogen-bond donors (Lipinski definition) is 3. The van der Waals surface area contributed by atoms with Crippen molar-refractivity contribution in [3.63, 3.8) is 0 Å². The maximum Gasteiger partial charge on any atom is 0.315 e. The predicted octanol–water partition coefficient (Wildman–Crippen LogP) is 2.62.